The number of nitrogens with zero attached hydrogens (tertiary/aromatic N) is 1. The largest absolute Gasteiger partial charge is 0.343 e. The monoisotopic (exact) mass is 297 g/mol. The van der Waals surface area contributed by atoms with Crippen LogP contribution in [0.15, 0.2) is 0 Å². The van der Waals surface area contributed by atoms with Gasteiger partial charge in [0.15, 0.2) is 0 Å². The fourth-order valence-corrected chi connectivity index (χ4v) is 2.68. The Kier molecular flexibility index (Phi) is 8.95. The van der Waals surface area contributed by atoms with Gasteiger partial charge < -0.3 is 15.5 Å². The standard InChI is InChI=1S/C12H23N3O.2ClH/c1-10(16)15-8-4-12(5-9-15)14-11-2-6-13-7-3-11;;/h11-14H,2-9H2,1H3;2*1H. The Balaban J connectivity index is 0.00000144. The van der Waals surface area contributed by atoms with Gasteiger partial charge in [0.25, 0.3) is 0 Å². The van der Waals surface area contributed by atoms with Gasteiger partial charge >= 0.3 is 0 Å². The molecule has 2 aliphatic rings. The van der Waals surface area contributed by atoms with Crippen molar-refractivity contribution < 1.29 is 4.79 Å². The molecule has 0 aromatic heterocycles. The van der Waals surface area contributed by atoms with E-state index < -0.39 is 0 Å². The summed E-state index contributed by atoms with van der Waals surface area (Å²) in [5, 5.41) is 7.12. The van der Waals surface area contributed by atoms with Crippen molar-refractivity contribution >= 4 is 30.7 Å². The van der Waals surface area contributed by atoms with Crippen LogP contribution in [0.2, 0.25) is 0 Å². The minimum atomic E-state index is 0. The third-order valence-corrected chi connectivity index (χ3v) is 3.75. The van der Waals surface area contributed by atoms with E-state index in [0.29, 0.717) is 12.1 Å². The molecular weight excluding hydrogens is 273 g/mol. The number of piperidine rings is 2. The van der Waals surface area contributed by atoms with Gasteiger partial charge in [-0.05, 0) is 38.8 Å². The molecule has 108 valence electrons. The Morgan fingerprint density at radius 2 is 1.56 bits per heavy atom. The van der Waals surface area contributed by atoms with E-state index in [-0.39, 0.29) is 30.7 Å². The number of hydrogen-bond acceptors (Lipinski definition) is 3. The molecule has 1 amide bonds. The molecule has 2 fully saturated rings. The van der Waals surface area contributed by atoms with Gasteiger partial charge in [-0.1, -0.05) is 0 Å². The first-order valence-electron chi connectivity index (χ1n) is 6.48. The zero-order chi connectivity index (χ0) is 11.4. The van der Waals surface area contributed by atoms with Gasteiger partial charge in [-0.2, -0.15) is 0 Å². The summed E-state index contributed by atoms with van der Waals surface area (Å²) >= 11 is 0. The fraction of sp³-hybridized carbons (Fsp3) is 0.917. The molecule has 18 heavy (non-hydrogen) atoms. The average Bonchev–Trinajstić information content (AvgIpc) is 2.31. The topological polar surface area (TPSA) is 44.4 Å². The number of carbonyl (C=O) groups excluding carboxylic acids is 1. The van der Waals surface area contributed by atoms with Crippen LogP contribution in [0.25, 0.3) is 0 Å². The van der Waals surface area contributed by atoms with Crippen LogP contribution in [0.5, 0.6) is 0 Å². The highest BCUT2D eigenvalue weighted by atomic mass is 35.5. The molecular formula is C12H25Cl2N3O. The second-order valence-corrected chi connectivity index (χ2v) is 4.97. The van der Waals surface area contributed by atoms with Crippen molar-refractivity contribution in [2.45, 2.75) is 44.7 Å². The SMILES string of the molecule is CC(=O)N1CCC(NC2CCNCC2)CC1.Cl.Cl. The molecule has 2 rings (SSSR count). The molecule has 0 unspecified atom stereocenters. The van der Waals surface area contributed by atoms with Crippen molar-refractivity contribution in [3.05, 3.63) is 0 Å². The first-order valence-corrected chi connectivity index (χ1v) is 6.48. The summed E-state index contributed by atoms with van der Waals surface area (Å²) < 4.78 is 0. The lowest BCUT2D eigenvalue weighted by Crippen LogP contribution is -2.49. The molecule has 0 aliphatic carbocycles. The zero-order valence-electron chi connectivity index (χ0n) is 11.0. The molecule has 0 radical (unpaired) electrons. The van der Waals surface area contributed by atoms with E-state index in [1.807, 2.05) is 4.90 Å². The molecule has 0 aromatic rings. The third-order valence-electron chi connectivity index (χ3n) is 3.75. The summed E-state index contributed by atoms with van der Waals surface area (Å²) in [5.74, 6) is 0.223. The predicted octanol–water partition coefficient (Wildman–Crippen LogP) is 1.18. The summed E-state index contributed by atoms with van der Waals surface area (Å²) in [6.07, 6.45) is 4.72. The first kappa shape index (κ1) is 18.0. The van der Waals surface area contributed by atoms with Gasteiger partial charge in [-0.25, -0.2) is 0 Å². The van der Waals surface area contributed by atoms with Crippen LogP contribution in [0.4, 0.5) is 0 Å². The number of carbonyl (C=O) groups is 1. The minimum Gasteiger partial charge on any atom is -0.343 e. The van der Waals surface area contributed by atoms with Gasteiger partial charge in [-0.3, -0.25) is 4.79 Å². The van der Waals surface area contributed by atoms with E-state index in [0.717, 1.165) is 39.0 Å². The summed E-state index contributed by atoms with van der Waals surface area (Å²) in [6.45, 7) is 5.81. The lowest BCUT2D eigenvalue weighted by Gasteiger charge is -2.35. The normalized spacial score (nSPS) is 21.9. The smallest absolute Gasteiger partial charge is 0.219 e. The Hall–Kier alpha value is -0.0300. The van der Waals surface area contributed by atoms with Crippen LogP contribution >= 0.6 is 24.8 Å². The van der Waals surface area contributed by atoms with Crippen molar-refractivity contribution in [1.82, 2.24) is 15.5 Å². The number of hydrogen-bond donors (Lipinski definition) is 2. The second kappa shape index (κ2) is 8.97. The highest BCUT2D eigenvalue weighted by Crippen LogP contribution is 2.13. The van der Waals surface area contributed by atoms with Crippen LogP contribution in [0.3, 0.4) is 0 Å². The van der Waals surface area contributed by atoms with Gasteiger partial charge in [0.05, 0.1) is 0 Å². The Bertz CT molecular complexity index is 239. The highest BCUT2D eigenvalue weighted by molar-refractivity contribution is 5.85. The molecule has 2 saturated heterocycles. The van der Waals surface area contributed by atoms with Crippen molar-refractivity contribution in [3.63, 3.8) is 0 Å². The molecule has 2 N–H and O–H groups in total. The predicted molar refractivity (Wildman–Crippen MR) is 78.8 cm³/mol. The van der Waals surface area contributed by atoms with E-state index in [1.165, 1.54) is 12.8 Å². The number of amides is 1. The summed E-state index contributed by atoms with van der Waals surface area (Å²) in [4.78, 5) is 13.2. The molecule has 2 heterocycles. The number of halogens is 2. The Labute approximate surface area is 122 Å². The molecule has 0 bridgehead atoms. The molecule has 0 saturated carbocycles. The van der Waals surface area contributed by atoms with Crippen LogP contribution in [-0.4, -0.2) is 49.1 Å². The van der Waals surface area contributed by atoms with Crippen LogP contribution in [0, 0.1) is 0 Å². The summed E-state index contributed by atoms with van der Waals surface area (Å²) in [7, 11) is 0. The first-order chi connectivity index (χ1) is 7.75. The minimum absolute atomic E-state index is 0. The van der Waals surface area contributed by atoms with E-state index in [1.54, 1.807) is 6.92 Å². The molecule has 4 nitrogen and oxygen atoms in total. The Morgan fingerprint density at radius 1 is 1.06 bits per heavy atom. The average molecular weight is 298 g/mol. The summed E-state index contributed by atoms with van der Waals surface area (Å²) in [6, 6.07) is 1.31. The maximum atomic E-state index is 11.2. The second-order valence-electron chi connectivity index (χ2n) is 4.97. The van der Waals surface area contributed by atoms with Gasteiger partial charge in [0.1, 0.15) is 0 Å². The van der Waals surface area contributed by atoms with Gasteiger partial charge in [-0.15, -0.1) is 24.8 Å². The fourth-order valence-electron chi connectivity index (χ4n) is 2.68. The van der Waals surface area contributed by atoms with Crippen molar-refractivity contribution in [2.75, 3.05) is 26.2 Å². The third kappa shape index (κ3) is 5.31. The van der Waals surface area contributed by atoms with Crippen molar-refractivity contribution in [2.24, 2.45) is 0 Å². The van der Waals surface area contributed by atoms with E-state index in [4.69, 9.17) is 0 Å². The summed E-state index contributed by atoms with van der Waals surface area (Å²) in [5.41, 5.74) is 0. The van der Waals surface area contributed by atoms with Crippen molar-refractivity contribution in [3.8, 4) is 0 Å². The van der Waals surface area contributed by atoms with Crippen molar-refractivity contribution in [1.29, 1.82) is 0 Å². The molecule has 2 aliphatic heterocycles. The maximum Gasteiger partial charge on any atom is 0.219 e. The molecule has 6 heteroatoms. The lowest BCUT2D eigenvalue weighted by atomic mass is 10.0. The molecule has 0 atom stereocenters. The van der Waals surface area contributed by atoms with Crippen LogP contribution in [-0.2, 0) is 4.79 Å². The van der Waals surface area contributed by atoms with Gasteiger partial charge in [0, 0.05) is 32.1 Å². The van der Waals surface area contributed by atoms with Crippen LogP contribution in [0.1, 0.15) is 32.6 Å². The number of nitrogens with one attached hydrogen (secondary N) is 2. The number of likely N-dealkylation sites (tertiary alicyclic amines) is 1. The number of rotatable bonds is 2. The lowest BCUT2D eigenvalue weighted by molar-refractivity contribution is -0.129. The Morgan fingerprint density at radius 3 is 2.06 bits per heavy atom. The quantitative estimate of drug-likeness (QED) is 0.805. The van der Waals surface area contributed by atoms with E-state index in [2.05, 4.69) is 10.6 Å². The van der Waals surface area contributed by atoms with E-state index in [9.17, 15) is 4.79 Å². The molecule has 0 aromatic carbocycles. The highest BCUT2D eigenvalue weighted by Gasteiger charge is 2.23. The zero-order valence-corrected chi connectivity index (χ0v) is 12.6. The van der Waals surface area contributed by atoms with E-state index >= 15 is 0 Å². The maximum absolute atomic E-state index is 11.2. The van der Waals surface area contributed by atoms with Gasteiger partial charge in [0.2, 0.25) is 5.91 Å². The molecule has 0 spiro atoms. The van der Waals surface area contributed by atoms with Crippen LogP contribution < -0.4 is 10.6 Å².